The van der Waals surface area contributed by atoms with E-state index in [-0.39, 0.29) is 28.6 Å². The van der Waals surface area contributed by atoms with Crippen molar-refractivity contribution in [3.63, 3.8) is 0 Å². The second-order valence-corrected chi connectivity index (χ2v) is 7.47. The van der Waals surface area contributed by atoms with Gasteiger partial charge in [0.2, 0.25) is 15.9 Å². The molecule has 1 heterocycles. The zero-order valence-corrected chi connectivity index (χ0v) is 12.8. The molecule has 0 atom stereocenters. The van der Waals surface area contributed by atoms with E-state index in [0.717, 1.165) is 30.2 Å². The molecule has 0 spiro atoms. The van der Waals surface area contributed by atoms with E-state index in [1.165, 1.54) is 5.38 Å². The molecule has 9 heteroatoms. The highest BCUT2D eigenvalue weighted by Crippen LogP contribution is 2.19. The molecule has 0 radical (unpaired) electrons. The number of carbonyl (C=O) groups excluding carboxylic acids is 1. The van der Waals surface area contributed by atoms with Crippen molar-refractivity contribution in [3.05, 3.63) is 16.3 Å². The minimum atomic E-state index is -3.72. The van der Waals surface area contributed by atoms with Crippen molar-refractivity contribution in [2.24, 2.45) is 0 Å². The molecular formula is C12H16N2O5S2. The van der Waals surface area contributed by atoms with Gasteiger partial charge in [-0.2, -0.15) is 0 Å². The Bertz CT molecular complexity index is 634. The fourth-order valence-corrected chi connectivity index (χ4v) is 3.82. The van der Waals surface area contributed by atoms with Crippen LogP contribution < -0.4 is 10.0 Å². The molecule has 21 heavy (non-hydrogen) atoms. The topological polar surface area (TPSA) is 113 Å². The number of hydrogen-bond acceptors (Lipinski definition) is 5. The summed E-state index contributed by atoms with van der Waals surface area (Å²) >= 11 is 0.860. The van der Waals surface area contributed by atoms with Crippen LogP contribution in [0, 0.1) is 0 Å². The Balaban J connectivity index is 1.77. The Morgan fingerprint density at radius 2 is 2.10 bits per heavy atom. The maximum Gasteiger partial charge on any atom is 0.345 e. The molecule has 1 amide bonds. The summed E-state index contributed by atoms with van der Waals surface area (Å²) < 4.78 is 26.2. The van der Waals surface area contributed by atoms with Gasteiger partial charge in [0.15, 0.2) is 0 Å². The molecule has 116 valence electrons. The number of sulfonamides is 1. The van der Waals surface area contributed by atoms with Gasteiger partial charge in [0.1, 0.15) is 4.88 Å². The normalized spacial score (nSPS) is 14.9. The number of rotatable bonds is 8. The van der Waals surface area contributed by atoms with Crippen molar-refractivity contribution in [2.75, 3.05) is 6.54 Å². The van der Waals surface area contributed by atoms with Crippen LogP contribution in [0.3, 0.4) is 0 Å². The molecule has 1 fully saturated rings. The third kappa shape index (κ3) is 4.80. The summed E-state index contributed by atoms with van der Waals surface area (Å²) in [5.41, 5.74) is 0. The molecule has 0 unspecified atom stereocenters. The van der Waals surface area contributed by atoms with E-state index in [0.29, 0.717) is 12.5 Å². The molecule has 1 saturated carbocycles. The number of amides is 1. The lowest BCUT2D eigenvalue weighted by molar-refractivity contribution is -0.121. The summed E-state index contributed by atoms with van der Waals surface area (Å²) in [6.45, 7) is 0.138. The molecule has 7 nitrogen and oxygen atoms in total. The Morgan fingerprint density at radius 1 is 1.38 bits per heavy atom. The molecule has 3 N–H and O–H groups in total. The second-order valence-electron chi connectivity index (χ2n) is 4.79. The number of hydrogen-bond donors (Lipinski definition) is 3. The van der Waals surface area contributed by atoms with E-state index in [2.05, 4.69) is 10.0 Å². The van der Waals surface area contributed by atoms with Crippen LogP contribution in [0.4, 0.5) is 0 Å². The number of carbonyl (C=O) groups is 2. The summed E-state index contributed by atoms with van der Waals surface area (Å²) in [4.78, 5) is 22.0. The first-order valence-electron chi connectivity index (χ1n) is 6.49. The standard InChI is InChI=1S/C12H16N2O5S2/c15-11(14-8-3-4-8)2-1-5-13-21(18,19)9-6-10(12(16)17)20-7-9/h6-8,13H,1-5H2,(H,14,15)(H,16,17). The van der Waals surface area contributed by atoms with E-state index in [9.17, 15) is 18.0 Å². The lowest BCUT2D eigenvalue weighted by atomic mass is 10.3. The van der Waals surface area contributed by atoms with E-state index in [1.807, 2.05) is 0 Å². The average Bonchev–Trinajstić information content (AvgIpc) is 3.06. The lowest BCUT2D eigenvalue weighted by Gasteiger charge is -2.05. The summed E-state index contributed by atoms with van der Waals surface area (Å²) in [6.07, 6.45) is 2.70. The number of aromatic carboxylic acids is 1. The van der Waals surface area contributed by atoms with Gasteiger partial charge in [-0.25, -0.2) is 17.9 Å². The van der Waals surface area contributed by atoms with Gasteiger partial charge in [0, 0.05) is 24.4 Å². The number of thiophene rings is 1. The minimum absolute atomic E-state index is 0.0285. The largest absolute Gasteiger partial charge is 0.477 e. The summed E-state index contributed by atoms with van der Waals surface area (Å²) in [5.74, 6) is -1.22. The quantitative estimate of drug-likeness (QED) is 0.609. The number of nitrogens with one attached hydrogen (secondary N) is 2. The van der Waals surface area contributed by atoms with Crippen molar-refractivity contribution in [1.82, 2.24) is 10.0 Å². The Labute approximate surface area is 126 Å². The first-order valence-corrected chi connectivity index (χ1v) is 8.85. The smallest absolute Gasteiger partial charge is 0.345 e. The van der Waals surface area contributed by atoms with E-state index in [4.69, 9.17) is 5.11 Å². The van der Waals surface area contributed by atoms with Gasteiger partial charge in [-0.15, -0.1) is 11.3 Å². The van der Waals surface area contributed by atoms with Gasteiger partial charge >= 0.3 is 5.97 Å². The van der Waals surface area contributed by atoms with E-state index < -0.39 is 16.0 Å². The monoisotopic (exact) mass is 332 g/mol. The number of carboxylic acids is 1. The molecule has 0 aromatic carbocycles. The van der Waals surface area contributed by atoms with Crippen molar-refractivity contribution in [2.45, 2.75) is 36.6 Å². The molecule has 0 aliphatic heterocycles. The van der Waals surface area contributed by atoms with Gasteiger partial charge in [0.05, 0.1) is 4.90 Å². The average molecular weight is 332 g/mol. The van der Waals surface area contributed by atoms with E-state index >= 15 is 0 Å². The van der Waals surface area contributed by atoms with Crippen LogP contribution in [0.25, 0.3) is 0 Å². The summed E-state index contributed by atoms with van der Waals surface area (Å²) in [7, 11) is -3.72. The highest BCUT2D eigenvalue weighted by atomic mass is 32.2. The van der Waals surface area contributed by atoms with E-state index in [1.54, 1.807) is 0 Å². The number of carboxylic acid groups (broad SMARTS) is 1. The van der Waals surface area contributed by atoms with Crippen LogP contribution >= 0.6 is 11.3 Å². The highest BCUT2D eigenvalue weighted by Gasteiger charge is 2.23. The molecule has 1 aliphatic carbocycles. The van der Waals surface area contributed by atoms with Gasteiger partial charge in [-0.3, -0.25) is 4.79 Å². The zero-order valence-electron chi connectivity index (χ0n) is 11.2. The Hall–Kier alpha value is -1.45. The molecule has 2 rings (SSSR count). The van der Waals surface area contributed by atoms with Crippen molar-refractivity contribution >= 4 is 33.2 Å². The third-order valence-electron chi connectivity index (χ3n) is 2.91. The van der Waals surface area contributed by atoms with Gasteiger partial charge < -0.3 is 10.4 Å². The van der Waals surface area contributed by atoms with Crippen LogP contribution in [-0.2, 0) is 14.8 Å². The molecular weight excluding hydrogens is 316 g/mol. The fourth-order valence-electron chi connectivity index (χ4n) is 1.64. The molecule has 0 saturated heterocycles. The Morgan fingerprint density at radius 3 is 2.67 bits per heavy atom. The Kier molecular flexibility index (Phi) is 4.96. The maximum atomic E-state index is 11.9. The third-order valence-corrected chi connectivity index (χ3v) is 5.42. The molecule has 0 bridgehead atoms. The van der Waals surface area contributed by atoms with Crippen molar-refractivity contribution in [1.29, 1.82) is 0 Å². The summed E-state index contributed by atoms with van der Waals surface area (Å²) in [5, 5.41) is 12.9. The van der Waals surface area contributed by atoms with Crippen molar-refractivity contribution < 1.29 is 23.1 Å². The SMILES string of the molecule is O=C(CCCNS(=O)(=O)c1csc(C(=O)O)c1)NC1CC1. The highest BCUT2D eigenvalue weighted by molar-refractivity contribution is 7.89. The van der Waals surface area contributed by atoms with Gasteiger partial charge in [0.25, 0.3) is 0 Å². The van der Waals surface area contributed by atoms with Crippen LogP contribution in [0.15, 0.2) is 16.3 Å². The molecule has 1 aromatic rings. The van der Waals surface area contributed by atoms with Crippen LogP contribution in [0.5, 0.6) is 0 Å². The van der Waals surface area contributed by atoms with Crippen molar-refractivity contribution in [3.8, 4) is 0 Å². The van der Waals surface area contributed by atoms with Crippen LogP contribution in [0.2, 0.25) is 0 Å². The predicted octanol–water partition coefficient (Wildman–Crippen LogP) is 0.783. The van der Waals surface area contributed by atoms with Gasteiger partial charge in [-0.05, 0) is 25.3 Å². The maximum absolute atomic E-state index is 11.9. The summed E-state index contributed by atoms with van der Waals surface area (Å²) in [6, 6.07) is 1.42. The predicted molar refractivity (Wildman–Crippen MR) is 76.9 cm³/mol. The fraction of sp³-hybridized carbons (Fsp3) is 0.500. The minimum Gasteiger partial charge on any atom is -0.477 e. The zero-order chi connectivity index (χ0) is 15.5. The molecule has 1 aromatic heterocycles. The molecule has 1 aliphatic rings. The lowest BCUT2D eigenvalue weighted by Crippen LogP contribution is -2.28. The first kappa shape index (κ1) is 15.9. The van der Waals surface area contributed by atoms with Crippen LogP contribution in [0.1, 0.15) is 35.4 Å². The first-order chi connectivity index (χ1) is 9.88. The van der Waals surface area contributed by atoms with Crippen LogP contribution in [-0.4, -0.2) is 38.0 Å². The van der Waals surface area contributed by atoms with Gasteiger partial charge in [-0.1, -0.05) is 0 Å². The second kappa shape index (κ2) is 6.54.